The van der Waals surface area contributed by atoms with Gasteiger partial charge in [-0.3, -0.25) is 4.79 Å². The number of hydrogen-bond acceptors (Lipinski definition) is 2. The third-order valence-electron chi connectivity index (χ3n) is 1.68. The van der Waals surface area contributed by atoms with Gasteiger partial charge >= 0.3 is 0 Å². The van der Waals surface area contributed by atoms with Crippen LogP contribution in [-0.4, -0.2) is 16.3 Å². The quantitative estimate of drug-likeness (QED) is 0.714. The summed E-state index contributed by atoms with van der Waals surface area (Å²) in [5.74, 6) is -0.514. The normalized spacial score (nSPS) is 10.6. The SMILES string of the molecule is O=Cc1nc2c(F)c(Cl)ccc2[nH]1. The molecule has 66 valence electrons. The van der Waals surface area contributed by atoms with Crippen LogP contribution in [-0.2, 0) is 0 Å². The first-order valence-electron chi connectivity index (χ1n) is 3.51. The number of carbonyl (C=O) groups excluding carboxylic acids is 1. The van der Waals surface area contributed by atoms with Crippen molar-refractivity contribution in [2.45, 2.75) is 0 Å². The van der Waals surface area contributed by atoms with E-state index >= 15 is 0 Å². The molecule has 0 radical (unpaired) electrons. The Morgan fingerprint density at radius 3 is 3.00 bits per heavy atom. The Balaban J connectivity index is 2.83. The molecule has 0 aliphatic rings. The zero-order valence-corrected chi connectivity index (χ0v) is 7.10. The molecular formula is C8H4ClFN2O. The molecule has 0 amide bonds. The van der Waals surface area contributed by atoms with Crippen molar-refractivity contribution in [3.63, 3.8) is 0 Å². The molecule has 2 rings (SSSR count). The molecule has 0 saturated heterocycles. The Bertz CT molecular complexity index is 480. The van der Waals surface area contributed by atoms with Crippen LogP contribution in [0.2, 0.25) is 5.02 Å². The smallest absolute Gasteiger partial charge is 0.185 e. The van der Waals surface area contributed by atoms with Crippen LogP contribution in [0.4, 0.5) is 4.39 Å². The van der Waals surface area contributed by atoms with Gasteiger partial charge < -0.3 is 4.98 Å². The Morgan fingerprint density at radius 1 is 1.54 bits per heavy atom. The van der Waals surface area contributed by atoms with Gasteiger partial charge in [0, 0.05) is 0 Å². The summed E-state index contributed by atoms with van der Waals surface area (Å²) in [7, 11) is 0. The van der Waals surface area contributed by atoms with Gasteiger partial charge in [-0.2, -0.15) is 0 Å². The fourth-order valence-corrected chi connectivity index (χ4v) is 1.24. The zero-order valence-electron chi connectivity index (χ0n) is 6.34. The lowest BCUT2D eigenvalue weighted by atomic mass is 10.3. The number of aromatic nitrogens is 2. The van der Waals surface area contributed by atoms with Crippen LogP contribution in [0, 0.1) is 5.82 Å². The van der Waals surface area contributed by atoms with Crippen molar-refractivity contribution in [2.24, 2.45) is 0 Å². The number of aldehydes is 1. The van der Waals surface area contributed by atoms with Gasteiger partial charge in [0.25, 0.3) is 0 Å². The summed E-state index contributed by atoms with van der Waals surface area (Å²) in [4.78, 5) is 16.7. The van der Waals surface area contributed by atoms with E-state index in [0.29, 0.717) is 11.8 Å². The summed E-state index contributed by atoms with van der Waals surface area (Å²) in [5, 5.41) is -0.00329. The van der Waals surface area contributed by atoms with Crippen molar-refractivity contribution in [1.29, 1.82) is 0 Å². The van der Waals surface area contributed by atoms with Gasteiger partial charge in [-0.15, -0.1) is 0 Å². The van der Waals surface area contributed by atoms with Gasteiger partial charge in [0.15, 0.2) is 17.9 Å². The molecule has 13 heavy (non-hydrogen) atoms. The van der Waals surface area contributed by atoms with Crippen LogP contribution in [0.3, 0.4) is 0 Å². The number of H-pyrrole nitrogens is 1. The molecule has 0 bridgehead atoms. The van der Waals surface area contributed by atoms with Crippen LogP contribution in [0.15, 0.2) is 12.1 Å². The summed E-state index contributed by atoms with van der Waals surface area (Å²) >= 11 is 5.52. The summed E-state index contributed by atoms with van der Waals surface area (Å²) < 4.78 is 13.2. The second-order valence-corrected chi connectivity index (χ2v) is 2.90. The number of carbonyl (C=O) groups is 1. The molecular weight excluding hydrogens is 195 g/mol. The topological polar surface area (TPSA) is 45.8 Å². The first-order valence-corrected chi connectivity index (χ1v) is 3.89. The van der Waals surface area contributed by atoms with Crippen LogP contribution in [0.5, 0.6) is 0 Å². The van der Waals surface area contributed by atoms with Gasteiger partial charge in [-0.25, -0.2) is 9.37 Å². The number of hydrogen-bond donors (Lipinski definition) is 1. The maximum Gasteiger partial charge on any atom is 0.185 e. The molecule has 1 N–H and O–H groups in total. The highest BCUT2D eigenvalue weighted by molar-refractivity contribution is 6.31. The van der Waals surface area contributed by atoms with Gasteiger partial charge in [-0.1, -0.05) is 11.6 Å². The van der Waals surface area contributed by atoms with Crippen molar-refractivity contribution < 1.29 is 9.18 Å². The number of fused-ring (bicyclic) bond motifs is 1. The van der Waals surface area contributed by atoms with E-state index in [2.05, 4.69) is 9.97 Å². The Kier molecular flexibility index (Phi) is 1.77. The lowest BCUT2D eigenvalue weighted by Gasteiger charge is -1.92. The summed E-state index contributed by atoms with van der Waals surface area (Å²) in [6.07, 6.45) is 0.521. The largest absolute Gasteiger partial charge is 0.336 e. The number of rotatable bonds is 1. The molecule has 1 aromatic heterocycles. The fourth-order valence-electron chi connectivity index (χ4n) is 1.09. The van der Waals surface area contributed by atoms with E-state index < -0.39 is 5.82 Å². The highest BCUT2D eigenvalue weighted by Gasteiger charge is 2.09. The van der Waals surface area contributed by atoms with Gasteiger partial charge in [-0.05, 0) is 12.1 Å². The molecule has 0 spiro atoms. The minimum atomic E-state index is -0.608. The number of imidazole rings is 1. The molecule has 0 aliphatic heterocycles. The molecule has 1 aromatic carbocycles. The van der Waals surface area contributed by atoms with Crippen molar-refractivity contribution in [2.75, 3.05) is 0 Å². The lowest BCUT2D eigenvalue weighted by Crippen LogP contribution is -1.81. The van der Waals surface area contributed by atoms with E-state index in [1.54, 1.807) is 6.07 Å². The predicted octanol–water partition coefficient (Wildman–Crippen LogP) is 2.17. The summed E-state index contributed by atoms with van der Waals surface area (Å²) in [6, 6.07) is 2.98. The van der Waals surface area contributed by atoms with E-state index in [4.69, 9.17) is 11.6 Å². The molecule has 0 aliphatic carbocycles. The van der Waals surface area contributed by atoms with Crippen molar-refractivity contribution in [3.8, 4) is 0 Å². The highest BCUT2D eigenvalue weighted by atomic mass is 35.5. The third-order valence-corrected chi connectivity index (χ3v) is 1.97. The number of aromatic amines is 1. The van der Waals surface area contributed by atoms with Crippen LogP contribution < -0.4 is 0 Å². The van der Waals surface area contributed by atoms with E-state index in [0.717, 1.165) is 0 Å². The number of halogens is 2. The molecule has 5 heteroatoms. The second kappa shape index (κ2) is 2.81. The Labute approximate surface area is 77.5 Å². The number of nitrogens with zero attached hydrogens (tertiary/aromatic N) is 1. The maximum absolute atomic E-state index is 13.2. The highest BCUT2D eigenvalue weighted by Crippen LogP contribution is 2.22. The summed E-state index contributed by atoms with van der Waals surface area (Å²) in [5.41, 5.74) is 0.554. The van der Waals surface area contributed by atoms with Crippen LogP contribution in [0.25, 0.3) is 11.0 Å². The first-order chi connectivity index (χ1) is 6.22. The van der Waals surface area contributed by atoms with Crippen molar-refractivity contribution in [3.05, 3.63) is 28.8 Å². The average Bonchev–Trinajstić information content (AvgIpc) is 2.55. The molecule has 3 nitrogen and oxygen atoms in total. The van der Waals surface area contributed by atoms with Gasteiger partial charge in [0.1, 0.15) is 5.52 Å². The van der Waals surface area contributed by atoms with E-state index in [1.807, 2.05) is 0 Å². The van der Waals surface area contributed by atoms with Crippen molar-refractivity contribution >= 4 is 28.9 Å². The van der Waals surface area contributed by atoms with E-state index in [1.165, 1.54) is 6.07 Å². The fraction of sp³-hybridized carbons (Fsp3) is 0. The Morgan fingerprint density at radius 2 is 2.31 bits per heavy atom. The molecule has 1 heterocycles. The summed E-state index contributed by atoms with van der Waals surface area (Å²) in [6.45, 7) is 0. The lowest BCUT2D eigenvalue weighted by molar-refractivity contribution is 0.111. The van der Waals surface area contributed by atoms with Gasteiger partial charge in [0.2, 0.25) is 0 Å². The average molecular weight is 199 g/mol. The second-order valence-electron chi connectivity index (χ2n) is 2.50. The molecule has 0 atom stereocenters. The van der Waals surface area contributed by atoms with E-state index in [-0.39, 0.29) is 16.4 Å². The van der Waals surface area contributed by atoms with Crippen LogP contribution >= 0.6 is 11.6 Å². The molecule has 0 unspecified atom stereocenters. The Hall–Kier alpha value is -1.42. The van der Waals surface area contributed by atoms with Crippen molar-refractivity contribution in [1.82, 2.24) is 9.97 Å². The van der Waals surface area contributed by atoms with Crippen LogP contribution in [0.1, 0.15) is 10.6 Å². The first kappa shape index (κ1) is 8.19. The minimum Gasteiger partial charge on any atom is -0.336 e. The minimum absolute atomic E-state index is 0.00329. The van der Waals surface area contributed by atoms with Gasteiger partial charge in [0.05, 0.1) is 10.5 Å². The predicted molar refractivity (Wildman–Crippen MR) is 46.4 cm³/mol. The standard InChI is InChI=1S/C8H4ClFN2O/c9-4-1-2-5-8(7(4)10)12-6(3-13)11-5/h1-3H,(H,11,12). The molecule has 2 aromatic rings. The number of benzene rings is 1. The van der Waals surface area contributed by atoms with E-state index in [9.17, 15) is 9.18 Å². The monoisotopic (exact) mass is 198 g/mol. The molecule has 0 fully saturated rings. The number of nitrogens with one attached hydrogen (secondary N) is 1. The zero-order chi connectivity index (χ0) is 9.42. The molecule has 0 saturated carbocycles. The maximum atomic E-state index is 13.2. The third kappa shape index (κ3) is 1.19.